The van der Waals surface area contributed by atoms with E-state index in [4.69, 9.17) is 0 Å². The molecule has 0 spiro atoms. The number of nitrogens with zero attached hydrogens (tertiary/aromatic N) is 4. The summed E-state index contributed by atoms with van der Waals surface area (Å²) in [7, 11) is 0. The first-order chi connectivity index (χ1) is 16.0. The molecule has 0 aromatic carbocycles. The van der Waals surface area contributed by atoms with Gasteiger partial charge in [-0.15, -0.1) is 32.9 Å². The maximum atomic E-state index is 12.8. The Morgan fingerprint density at radius 3 is 2.88 bits per heavy atom. The van der Waals surface area contributed by atoms with Gasteiger partial charge in [0.2, 0.25) is 5.91 Å². The monoisotopic (exact) mass is 499 g/mol. The van der Waals surface area contributed by atoms with Gasteiger partial charge in [0, 0.05) is 27.2 Å². The number of anilines is 1. The van der Waals surface area contributed by atoms with E-state index < -0.39 is 0 Å². The number of rotatable bonds is 8. The lowest BCUT2D eigenvalue weighted by Crippen LogP contribution is -2.15. The van der Waals surface area contributed by atoms with Gasteiger partial charge in [-0.05, 0) is 56.6 Å². The summed E-state index contributed by atoms with van der Waals surface area (Å²) in [5.41, 5.74) is 4.25. The number of aromatic nitrogens is 3. The predicted molar refractivity (Wildman–Crippen MR) is 137 cm³/mol. The Morgan fingerprint density at radius 2 is 2.18 bits per heavy atom. The molecule has 3 heterocycles. The first kappa shape index (κ1) is 24.0. The van der Waals surface area contributed by atoms with Crippen LogP contribution in [0.1, 0.15) is 60.1 Å². The van der Waals surface area contributed by atoms with Gasteiger partial charge in [-0.3, -0.25) is 4.79 Å². The average molecular weight is 500 g/mol. The van der Waals surface area contributed by atoms with Crippen molar-refractivity contribution in [1.82, 2.24) is 14.8 Å². The third-order valence-corrected chi connectivity index (χ3v) is 9.46. The van der Waals surface area contributed by atoms with E-state index in [1.165, 1.54) is 27.1 Å². The maximum Gasteiger partial charge on any atom is 0.235 e. The van der Waals surface area contributed by atoms with Crippen LogP contribution in [-0.2, 0) is 30.6 Å². The van der Waals surface area contributed by atoms with E-state index >= 15 is 0 Å². The topological polar surface area (TPSA) is 83.6 Å². The van der Waals surface area contributed by atoms with Gasteiger partial charge < -0.3 is 9.88 Å². The molecule has 0 saturated heterocycles. The molecular formula is C24H29N5OS3. The highest BCUT2D eigenvalue weighted by Gasteiger charge is 2.26. The third-order valence-electron chi connectivity index (χ3n) is 6.37. The second kappa shape index (κ2) is 10.4. The molecule has 4 rings (SSSR count). The summed E-state index contributed by atoms with van der Waals surface area (Å²) in [5, 5.41) is 25.1. The first-order valence-electron chi connectivity index (χ1n) is 11.5. The van der Waals surface area contributed by atoms with Crippen molar-refractivity contribution in [2.24, 2.45) is 5.92 Å². The molecule has 0 radical (unpaired) electrons. The van der Waals surface area contributed by atoms with Crippen molar-refractivity contribution in [3.8, 4) is 17.5 Å². The van der Waals surface area contributed by atoms with Gasteiger partial charge in [0.1, 0.15) is 11.1 Å². The van der Waals surface area contributed by atoms with E-state index in [0.717, 1.165) is 60.8 Å². The zero-order valence-corrected chi connectivity index (χ0v) is 22.0. The lowest BCUT2D eigenvalue weighted by molar-refractivity contribution is -0.113. The third kappa shape index (κ3) is 4.75. The number of amides is 1. The lowest BCUT2D eigenvalue weighted by Gasteiger charge is -2.20. The minimum atomic E-state index is -0.116. The Labute approximate surface area is 207 Å². The molecule has 1 amide bonds. The molecule has 1 aliphatic rings. The van der Waals surface area contributed by atoms with Gasteiger partial charge in [0.15, 0.2) is 11.0 Å². The fourth-order valence-electron chi connectivity index (χ4n) is 4.49. The van der Waals surface area contributed by atoms with E-state index in [9.17, 15) is 10.1 Å². The molecule has 174 valence electrons. The number of aryl methyl sites for hydroxylation is 1. The van der Waals surface area contributed by atoms with Crippen molar-refractivity contribution in [2.45, 2.75) is 71.5 Å². The largest absolute Gasteiger partial charge is 0.316 e. The van der Waals surface area contributed by atoms with Crippen LogP contribution < -0.4 is 5.32 Å². The van der Waals surface area contributed by atoms with Crippen LogP contribution in [0.4, 0.5) is 5.00 Å². The van der Waals surface area contributed by atoms with Gasteiger partial charge >= 0.3 is 0 Å². The average Bonchev–Trinajstić information content (AvgIpc) is 3.50. The van der Waals surface area contributed by atoms with Crippen LogP contribution in [0.2, 0.25) is 0 Å². The second-order valence-corrected chi connectivity index (χ2v) is 11.4. The summed E-state index contributed by atoms with van der Waals surface area (Å²) < 4.78 is 2.08. The molecule has 0 fully saturated rings. The van der Waals surface area contributed by atoms with Gasteiger partial charge in [-0.25, -0.2) is 0 Å². The highest BCUT2D eigenvalue weighted by Crippen LogP contribution is 2.40. The Kier molecular flexibility index (Phi) is 7.57. The molecule has 9 heteroatoms. The minimum absolute atomic E-state index is 0.116. The van der Waals surface area contributed by atoms with E-state index in [1.54, 1.807) is 22.7 Å². The lowest BCUT2D eigenvalue weighted by atomic mass is 9.86. The molecule has 0 bridgehead atoms. The summed E-state index contributed by atoms with van der Waals surface area (Å²) in [4.78, 5) is 15.4. The van der Waals surface area contributed by atoms with E-state index in [-0.39, 0.29) is 11.7 Å². The number of hydrogen-bond acceptors (Lipinski definition) is 7. The summed E-state index contributed by atoms with van der Waals surface area (Å²) in [6, 6.07) is 2.33. The number of thiophene rings is 2. The fraction of sp³-hybridized carbons (Fsp3) is 0.500. The first-order valence-corrected chi connectivity index (χ1v) is 14.2. The number of carbonyl (C=O) groups is 1. The Morgan fingerprint density at radius 1 is 1.36 bits per heavy atom. The van der Waals surface area contributed by atoms with Crippen molar-refractivity contribution in [2.75, 3.05) is 11.1 Å². The van der Waals surface area contributed by atoms with E-state index in [2.05, 4.69) is 59.2 Å². The van der Waals surface area contributed by atoms with E-state index in [0.29, 0.717) is 16.5 Å². The number of nitriles is 1. The minimum Gasteiger partial charge on any atom is -0.316 e. The molecule has 0 aliphatic heterocycles. The van der Waals surface area contributed by atoms with Crippen LogP contribution in [0, 0.1) is 24.2 Å². The summed E-state index contributed by atoms with van der Waals surface area (Å²) in [6.07, 6.45) is 5.18. The molecular weight excluding hydrogens is 470 g/mol. The summed E-state index contributed by atoms with van der Waals surface area (Å²) >= 11 is 4.70. The SMILES string of the molecule is CCc1c(-c2nnc(SCC(=O)Nc3sc4c(c3C#N)CCC(CC)C4)n2CC)csc1C. The second-order valence-electron chi connectivity index (χ2n) is 8.26. The molecule has 0 saturated carbocycles. The molecule has 1 aliphatic carbocycles. The molecule has 3 aromatic rings. The highest BCUT2D eigenvalue weighted by atomic mass is 32.2. The fourth-order valence-corrected chi connectivity index (χ4v) is 7.56. The summed E-state index contributed by atoms with van der Waals surface area (Å²) in [6.45, 7) is 9.32. The molecule has 1 unspecified atom stereocenters. The van der Waals surface area contributed by atoms with Crippen molar-refractivity contribution < 1.29 is 4.79 Å². The van der Waals surface area contributed by atoms with Crippen molar-refractivity contribution in [3.63, 3.8) is 0 Å². The number of fused-ring (bicyclic) bond motifs is 1. The van der Waals surface area contributed by atoms with Crippen LogP contribution in [0.25, 0.3) is 11.4 Å². The van der Waals surface area contributed by atoms with Gasteiger partial charge in [-0.1, -0.05) is 32.0 Å². The van der Waals surface area contributed by atoms with Gasteiger partial charge in [-0.2, -0.15) is 5.26 Å². The van der Waals surface area contributed by atoms with Crippen LogP contribution in [0.15, 0.2) is 10.5 Å². The molecule has 1 atom stereocenters. The number of nitrogens with one attached hydrogen (secondary N) is 1. The summed E-state index contributed by atoms with van der Waals surface area (Å²) in [5.74, 6) is 1.66. The molecule has 6 nitrogen and oxygen atoms in total. The number of hydrogen-bond donors (Lipinski definition) is 1. The van der Waals surface area contributed by atoms with Crippen molar-refractivity contribution in [3.05, 3.63) is 31.8 Å². The quantitative estimate of drug-likeness (QED) is 0.380. The number of thioether (sulfide) groups is 1. The predicted octanol–water partition coefficient (Wildman–Crippen LogP) is 6.08. The molecule has 3 aromatic heterocycles. The molecule has 1 N–H and O–H groups in total. The van der Waals surface area contributed by atoms with Gasteiger partial charge in [0.05, 0.1) is 11.3 Å². The van der Waals surface area contributed by atoms with Crippen LogP contribution >= 0.6 is 34.4 Å². The van der Waals surface area contributed by atoms with Gasteiger partial charge in [0.25, 0.3) is 0 Å². The smallest absolute Gasteiger partial charge is 0.235 e. The van der Waals surface area contributed by atoms with Crippen molar-refractivity contribution >= 4 is 45.3 Å². The highest BCUT2D eigenvalue weighted by molar-refractivity contribution is 7.99. The maximum absolute atomic E-state index is 12.8. The van der Waals surface area contributed by atoms with Crippen LogP contribution in [0.5, 0.6) is 0 Å². The molecule has 33 heavy (non-hydrogen) atoms. The Bertz CT molecular complexity index is 1200. The van der Waals surface area contributed by atoms with Crippen LogP contribution in [-0.4, -0.2) is 26.4 Å². The van der Waals surface area contributed by atoms with E-state index in [1.807, 2.05) is 0 Å². The van der Waals surface area contributed by atoms with Crippen LogP contribution in [0.3, 0.4) is 0 Å². The zero-order chi connectivity index (χ0) is 23.5. The number of carbonyl (C=O) groups excluding carboxylic acids is 1. The standard InChI is InChI=1S/C24H29N5OS3/c1-5-15-8-9-17-18(11-25)23(33-20(17)10-15)26-21(30)13-32-24-28-27-22(29(24)7-3)19-12-31-14(4)16(19)6-2/h12,15H,5-10,13H2,1-4H3,(H,26,30). The van der Waals surface area contributed by atoms with Crippen molar-refractivity contribution in [1.29, 1.82) is 5.26 Å². The zero-order valence-electron chi connectivity index (χ0n) is 19.5. The Balaban J connectivity index is 1.47. The Hall–Kier alpha value is -2.15. The normalized spacial score (nSPS) is 15.3.